The zero-order valence-electron chi connectivity index (χ0n) is 22.3. The van der Waals surface area contributed by atoms with Gasteiger partial charge in [0.15, 0.2) is 0 Å². The van der Waals surface area contributed by atoms with E-state index in [-0.39, 0.29) is 0 Å². The Balaban J connectivity index is 1.15. The van der Waals surface area contributed by atoms with E-state index in [1.807, 2.05) is 0 Å². The van der Waals surface area contributed by atoms with Crippen LogP contribution in [0.2, 0.25) is 0 Å². The third-order valence-electron chi connectivity index (χ3n) is 9.16. The van der Waals surface area contributed by atoms with E-state index in [1.54, 1.807) is 0 Å². The van der Waals surface area contributed by atoms with Crippen LogP contribution in [0, 0.1) is 0 Å². The van der Waals surface area contributed by atoms with Gasteiger partial charge in [0.25, 0.3) is 0 Å². The maximum Gasteiger partial charge on any atom is 0.234 e. The summed E-state index contributed by atoms with van der Waals surface area (Å²) in [6.07, 6.45) is 12.2. The van der Waals surface area contributed by atoms with Crippen LogP contribution in [0.3, 0.4) is 0 Å². The number of phenolic OH excluding ortho intramolecular Hbond substituents is 1. The Morgan fingerprint density at radius 2 is 1.19 bits per heavy atom. The molecule has 8 nitrogen and oxygen atoms in total. The maximum absolute atomic E-state index is 11.3. The Morgan fingerprint density at radius 3 is 1.78 bits per heavy atom. The molecule has 37 heavy (non-hydrogen) atoms. The van der Waals surface area contributed by atoms with Crippen molar-refractivity contribution in [1.82, 2.24) is 9.80 Å². The second kappa shape index (κ2) is 11.5. The number of hydrogen-bond donors (Lipinski definition) is 1. The van der Waals surface area contributed by atoms with Crippen LogP contribution >= 0.6 is 0 Å². The standard InChI is InChI=1S/C29H44N2O6/c32-27-25(21-30-13-5-2-6-14-30)19-24(20-26(27)22-31-15-17-33-18-16-31)23-7-11-29(12-8-23)36-34-28(35-37-29)9-3-1-4-10-28/h19-20,23,32H,1-18,21-22H2. The smallest absolute Gasteiger partial charge is 0.234 e. The first kappa shape index (κ1) is 26.0. The van der Waals surface area contributed by atoms with Crippen molar-refractivity contribution in [3.63, 3.8) is 0 Å². The molecule has 0 unspecified atom stereocenters. The molecule has 0 amide bonds. The summed E-state index contributed by atoms with van der Waals surface area (Å²) in [5.74, 6) is -0.641. The van der Waals surface area contributed by atoms with Crippen molar-refractivity contribution in [3.05, 3.63) is 28.8 Å². The highest BCUT2D eigenvalue weighted by Gasteiger charge is 2.50. The molecular weight excluding hydrogens is 472 g/mol. The van der Waals surface area contributed by atoms with Gasteiger partial charge < -0.3 is 9.84 Å². The molecule has 2 aliphatic carbocycles. The predicted octanol–water partition coefficient (Wildman–Crippen LogP) is 5.13. The molecule has 206 valence electrons. The molecule has 1 N–H and O–H groups in total. The van der Waals surface area contributed by atoms with E-state index in [4.69, 9.17) is 24.3 Å². The average Bonchev–Trinajstić information content (AvgIpc) is 2.95. The van der Waals surface area contributed by atoms with Gasteiger partial charge in [-0.1, -0.05) is 25.0 Å². The highest BCUT2D eigenvalue weighted by Crippen LogP contribution is 2.47. The lowest BCUT2D eigenvalue weighted by molar-refractivity contribution is -0.662. The van der Waals surface area contributed by atoms with Crippen LogP contribution in [0.4, 0.5) is 0 Å². The van der Waals surface area contributed by atoms with Crippen LogP contribution < -0.4 is 0 Å². The molecular formula is C29H44N2O6. The number of piperidine rings is 1. The van der Waals surface area contributed by atoms with Gasteiger partial charge in [-0.2, -0.15) is 19.6 Å². The molecule has 3 saturated heterocycles. The Bertz CT molecular complexity index is 847. The molecule has 3 heterocycles. The van der Waals surface area contributed by atoms with E-state index >= 15 is 0 Å². The first-order chi connectivity index (χ1) is 18.1. The van der Waals surface area contributed by atoms with Crippen molar-refractivity contribution in [3.8, 4) is 5.75 Å². The summed E-state index contributed by atoms with van der Waals surface area (Å²) in [6.45, 7) is 7.16. The van der Waals surface area contributed by atoms with Crippen LogP contribution in [0.25, 0.3) is 0 Å². The molecule has 0 bridgehead atoms. The second-order valence-corrected chi connectivity index (χ2v) is 11.9. The van der Waals surface area contributed by atoms with E-state index in [1.165, 1.54) is 31.2 Å². The number of rotatable bonds is 5. The maximum atomic E-state index is 11.3. The Morgan fingerprint density at radius 1 is 0.676 bits per heavy atom. The van der Waals surface area contributed by atoms with Crippen LogP contribution in [-0.4, -0.2) is 65.9 Å². The number of hydrogen-bond acceptors (Lipinski definition) is 8. The van der Waals surface area contributed by atoms with Gasteiger partial charge in [-0.3, -0.25) is 9.80 Å². The molecule has 0 atom stereocenters. The van der Waals surface area contributed by atoms with Crippen molar-refractivity contribution >= 4 is 0 Å². The van der Waals surface area contributed by atoms with E-state index in [0.717, 1.165) is 115 Å². The number of ether oxygens (including phenoxy) is 1. The topological polar surface area (TPSA) is 72.9 Å². The van der Waals surface area contributed by atoms with Crippen molar-refractivity contribution in [1.29, 1.82) is 0 Å². The first-order valence-corrected chi connectivity index (χ1v) is 14.7. The molecule has 2 saturated carbocycles. The van der Waals surface area contributed by atoms with Crippen LogP contribution in [0.5, 0.6) is 5.75 Å². The summed E-state index contributed by atoms with van der Waals surface area (Å²) >= 11 is 0. The lowest BCUT2D eigenvalue weighted by Crippen LogP contribution is -2.52. The highest BCUT2D eigenvalue weighted by atomic mass is 17.4. The average molecular weight is 517 g/mol. The molecule has 2 spiro atoms. The zero-order chi connectivity index (χ0) is 25.1. The highest BCUT2D eigenvalue weighted by molar-refractivity contribution is 5.45. The Kier molecular flexibility index (Phi) is 8.05. The molecule has 6 rings (SSSR count). The number of aromatic hydroxyl groups is 1. The van der Waals surface area contributed by atoms with Crippen molar-refractivity contribution in [2.45, 2.75) is 108 Å². The van der Waals surface area contributed by atoms with E-state index in [2.05, 4.69) is 21.9 Å². The second-order valence-electron chi connectivity index (χ2n) is 11.9. The van der Waals surface area contributed by atoms with Gasteiger partial charge in [0.05, 0.1) is 13.2 Å². The molecule has 5 aliphatic rings. The number of nitrogens with zero attached hydrogens (tertiary/aromatic N) is 2. The normalized spacial score (nSPS) is 27.6. The number of phenols is 1. The summed E-state index contributed by atoms with van der Waals surface area (Å²) in [6, 6.07) is 4.52. The monoisotopic (exact) mass is 516 g/mol. The fourth-order valence-electron chi connectivity index (χ4n) is 6.77. The summed E-state index contributed by atoms with van der Waals surface area (Å²) in [7, 11) is 0. The van der Waals surface area contributed by atoms with E-state index < -0.39 is 11.6 Å². The number of likely N-dealkylation sites (tertiary alicyclic amines) is 1. The van der Waals surface area contributed by atoms with Gasteiger partial charge in [0.2, 0.25) is 11.6 Å². The van der Waals surface area contributed by atoms with Crippen molar-refractivity contribution in [2.75, 3.05) is 39.4 Å². The minimum atomic E-state index is -0.802. The van der Waals surface area contributed by atoms with Gasteiger partial charge in [0.1, 0.15) is 5.75 Å². The van der Waals surface area contributed by atoms with Gasteiger partial charge in [-0.15, -0.1) is 0 Å². The molecule has 1 aromatic rings. The van der Waals surface area contributed by atoms with E-state index in [0.29, 0.717) is 11.7 Å². The quantitative estimate of drug-likeness (QED) is 0.540. The number of morpholine rings is 1. The van der Waals surface area contributed by atoms with Crippen molar-refractivity contribution in [2.24, 2.45) is 0 Å². The summed E-state index contributed by atoms with van der Waals surface area (Å²) in [5.41, 5.74) is 3.44. The third-order valence-corrected chi connectivity index (χ3v) is 9.16. The lowest BCUT2D eigenvalue weighted by Gasteiger charge is -2.46. The predicted molar refractivity (Wildman–Crippen MR) is 137 cm³/mol. The summed E-state index contributed by atoms with van der Waals surface area (Å²) < 4.78 is 5.55. The van der Waals surface area contributed by atoms with Gasteiger partial charge in [-0.05, 0) is 63.1 Å². The Hall–Kier alpha value is -1.26. The zero-order valence-corrected chi connectivity index (χ0v) is 22.3. The fraction of sp³-hybridized carbons (Fsp3) is 0.793. The minimum Gasteiger partial charge on any atom is -0.507 e. The first-order valence-electron chi connectivity index (χ1n) is 14.7. The molecule has 0 aromatic heterocycles. The molecule has 5 fully saturated rings. The van der Waals surface area contributed by atoms with Crippen LogP contribution in [0.1, 0.15) is 99.7 Å². The fourth-order valence-corrected chi connectivity index (χ4v) is 6.77. The molecule has 3 aliphatic heterocycles. The molecule has 1 aromatic carbocycles. The minimum absolute atomic E-state index is 0.396. The van der Waals surface area contributed by atoms with Crippen LogP contribution in [-0.2, 0) is 37.4 Å². The number of benzene rings is 1. The van der Waals surface area contributed by atoms with Crippen molar-refractivity contribution < 1.29 is 29.4 Å². The summed E-state index contributed by atoms with van der Waals surface area (Å²) in [5, 5.41) is 11.3. The Labute approximate surface area is 221 Å². The largest absolute Gasteiger partial charge is 0.507 e. The lowest BCUT2D eigenvalue weighted by atomic mass is 9.80. The SMILES string of the molecule is Oc1c(CN2CCCCC2)cc(C2CCC3(CC2)OOC2(CCCCC2)OO3)cc1CN1CCOCC1. The van der Waals surface area contributed by atoms with Gasteiger partial charge in [0, 0.05) is 63.0 Å². The van der Waals surface area contributed by atoms with E-state index in [9.17, 15) is 5.11 Å². The summed E-state index contributed by atoms with van der Waals surface area (Å²) in [4.78, 5) is 28.5. The molecule has 8 heteroatoms. The van der Waals surface area contributed by atoms with Crippen LogP contribution in [0.15, 0.2) is 12.1 Å². The third kappa shape index (κ3) is 6.01. The van der Waals surface area contributed by atoms with Gasteiger partial charge in [-0.25, -0.2) is 0 Å². The van der Waals surface area contributed by atoms with Gasteiger partial charge >= 0.3 is 0 Å². The molecule has 0 radical (unpaired) electrons.